The first-order chi connectivity index (χ1) is 12.0. The number of aryl methyl sites for hydroxylation is 2. The number of hydrogen-bond donors (Lipinski definition) is 2. The van der Waals surface area contributed by atoms with Crippen molar-refractivity contribution < 1.29 is 19.4 Å². The second-order valence-electron chi connectivity index (χ2n) is 6.41. The van der Waals surface area contributed by atoms with Crippen LogP contribution in [0.1, 0.15) is 40.6 Å². The number of carbonyl (C=O) groups is 2. The topological polar surface area (TPSA) is 75.6 Å². The minimum Gasteiger partial charge on any atom is -0.492 e. The van der Waals surface area contributed by atoms with Crippen LogP contribution in [-0.2, 0) is 9.59 Å². The maximum Gasteiger partial charge on any atom is 0.305 e. The summed E-state index contributed by atoms with van der Waals surface area (Å²) < 4.78 is 5.66. The molecule has 0 saturated carbocycles. The van der Waals surface area contributed by atoms with Crippen LogP contribution in [-0.4, -0.2) is 23.6 Å². The van der Waals surface area contributed by atoms with E-state index in [1.54, 1.807) is 0 Å². The van der Waals surface area contributed by atoms with Crippen LogP contribution >= 0.6 is 0 Å². The van der Waals surface area contributed by atoms with Crippen molar-refractivity contribution in [3.63, 3.8) is 0 Å². The number of carboxylic acid groups (broad SMARTS) is 1. The van der Waals surface area contributed by atoms with E-state index in [9.17, 15) is 14.7 Å². The van der Waals surface area contributed by atoms with Gasteiger partial charge in [-0.15, -0.1) is 0 Å². The number of amides is 1. The molecule has 0 aliphatic carbocycles. The van der Waals surface area contributed by atoms with Crippen molar-refractivity contribution in [2.75, 3.05) is 6.61 Å². The largest absolute Gasteiger partial charge is 0.492 e. The summed E-state index contributed by atoms with van der Waals surface area (Å²) in [5.41, 5.74) is 3.86. The molecule has 0 bridgehead atoms. The number of ether oxygens (including phenoxy) is 1. The maximum atomic E-state index is 12.8. The van der Waals surface area contributed by atoms with E-state index in [0.29, 0.717) is 0 Å². The Balaban J connectivity index is 1.82. The fraction of sp³-hybridized carbons (Fsp3) is 0.300. The quantitative estimate of drug-likeness (QED) is 0.878. The molecule has 1 aliphatic rings. The van der Waals surface area contributed by atoms with E-state index in [1.165, 1.54) is 0 Å². The van der Waals surface area contributed by atoms with Gasteiger partial charge in [0.15, 0.2) is 0 Å². The highest BCUT2D eigenvalue weighted by Gasteiger charge is 2.32. The molecule has 5 heteroatoms. The van der Waals surface area contributed by atoms with Gasteiger partial charge < -0.3 is 15.2 Å². The predicted octanol–water partition coefficient (Wildman–Crippen LogP) is 3.11. The van der Waals surface area contributed by atoms with Crippen LogP contribution in [0.3, 0.4) is 0 Å². The molecule has 0 spiro atoms. The number of aliphatic carboxylic acids is 1. The third kappa shape index (κ3) is 3.65. The van der Waals surface area contributed by atoms with Gasteiger partial charge >= 0.3 is 5.97 Å². The zero-order chi connectivity index (χ0) is 18.0. The number of rotatable bonds is 5. The number of benzene rings is 2. The van der Waals surface area contributed by atoms with Gasteiger partial charge in [0, 0.05) is 5.56 Å². The Morgan fingerprint density at radius 3 is 2.56 bits per heavy atom. The first-order valence-corrected chi connectivity index (χ1v) is 8.26. The van der Waals surface area contributed by atoms with Gasteiger partial charge in [0.2, 0.25) is 5.91 Å². The van der Waals surface area contributed by atoms with E-state index in [-0.39, 0.29) is 18.9 Å². The molecule has 3 rings (SSSR count). The molecule has 2 N–H and O–H groups in total. The molecule has 1 amide bonds. The maximum absolute atomic E-state index is 12.8. The molecule has 25 heavy (non-hydrogen) atoms. The lowest BCUT2D eigenvalue weighted by molar-refractivity contribution is -0.137. The molecule has 2 atom stereocenters. The van der Waals surface area contributed by atoms with Gasteiger partial charge in [-0.2, -0.15) is 0 Å². The monoisotopic (exact) mass is 339 g/mol. The molecule has 1 aliphatic heterocycles. The lowest BCUT2D eigenvalue weighted by Gasteiger charge is -2.20. The molecule has 0 fully saturated rings. The Hall–Kier alpha value is -2.82. The Bertz CT molecular complexity index is 801. The van der Waals surface area contributed by atoms with Crippen LogP contribution in [0.15, 0.2) is 42.5 Å². The van der Waals surface area contributed by atoms with Gasteiger partial charge in [-0.05, 0) is 36.6 Å². The number of carboxylic acids is 1. The summed E-state index contributed by atoms with van der Waals surface area (Å²) in [6.07, 6.45) is -0.164. The van der Waals surface area contributed by atoms with Crippen LogP contribution in [0.4, 0.5) is 0 Å². The van der Waals surface area contributed by atoms with Crippen LogP contribution in [0, 0.1) is 13.8 Å². The van der Waals surface area contributed by atoms with Gasteiger partial charge in [-0.1, -0.05) is 36.4 Å². The van der Waals surface area contributed by atoms with E-state index in [2.05, 4.69) is 5.32 Å². The lowest BCUT2D eigenvalue weighted by Crippen LogP contribution is -2.34. The first kappa shape index (κ1) is 17.0. The van der Waals surface area contributed by atoms with Crippen molar-refractivity contribution in [1.29, 1.82) is 0 Å². The molecule has 130 valence electrons. The second kappa shape index (κ2) is 6.97. The van der Waals surface area contributed by atoms with Crippen molar-refractivity contribution in [1.82, 2.24) is 5.32 Å². The fourth-order valence-electron chi connectivity index (χ4n) is 3.07. The van der Waals surface area contributed by atoms with Gasteiger partial charge in [0.05, 0.1) is 12.5 Å². The molecule has 0 saturated heterocycles. The average Bonchev–Trinajstić information content (AvgIpc) is 2.98. The van der Waals surface area contributed by atoms with Gasteiger partial charge in [-0.3, -0.25) is 9.59 Å². The Morgan fingerprint density at radius 1 is 1.20 bits per heavy atom. The molecule has 2 aromatic carbocycles. The minimum absolute atomic E-state index is 0.164. The van der Waals surface area contributed by atoms with Crippen LogP contribution in [0.25, 0.3) is 0 Å². The third-order valence-electron chi connectivity index (χ3n) is 4.62. The zero-order valence-corrected chi connectivity index (χ0v) is 14.3. The van der Waals surface area contributed by atoms with Crippen LogP contribution in [0.2, 0.25) is 0 Å². The van der Waals surface area contributed by atoms with E-state index >= 15 is 0 Å². The van der Waals surface area contributed by atoms with Crippen molar-refractivity contribution in [3.8, 4) is 5.75 Å². The predicted molar refractivity (Wildman–Crippen MR) is 93.7 cm³/mol. The van der Waals surface area contributed by atoms with Crippen LogP contribution in [0.5, 0.6) is 5.75 Å². The first-order valence-electron chi connectivity index (χ1n) is 8.26. The van der Waals surface area contributed by atoms with Crippen molar-refractivity contribution in [3.05, 3.63) is 64.7 Å². The molecule has 0 radical (unpaired) electrons. The smallest absolute Gasteiger partial charge is 0.305 e. The highest BCUT2D eigenvalue weighted by atomic mass is 16.5. The number of fused-ring (bicyclic) bond motifs is 1. The van der Waals surface area contributed by atoms with Crippen molar-refractivity contribution in [2.45, 2.75) is 32.2 Å². The molecular weight excluding hydrogens is 318 g/mol. The van der Waals surface area contributed by atoms with Gasteiger partial charge in [0.25, 0.3) is 0 Å². The summed E-state index contributed by atoms with van der Waals surface area (Å²) in [6.45, 7) is 4.28. The lowest BCUT2D eigenvalue weighted by atomic mass is 9.95. The van der Waals surface area contributed by atoms with E-state index in [4.69, 9.17) is 4.74 Å². The summed E-state index contributed by atoms with van der Waals surface area (Å²) in [7, 11) is 0. The van der Waals surface area contributed by atoms with E-state index < -0.39 is 17.9 Å². The summed E-state index contributed by atoms with van der Waals surface area (Å²) in [4.78, 5) is 24.0. The second-order valence-corrected chi connectivity index (χ2v) is 6.41. The number of carbonyl (C=O) groups excluding carboxylic acids is 1. The molecule has 5 nitrogen and oxygen atoms in total. The van der Waals surface area contributed by atoms with Gasteiger partial charge in [0.1, 0.15) is 18.3 Å². The molecular formula is C20H21NO4. The summed E-state index contributed by atoms with van der Waals surface area (Å²) in [5, 5.41) is 12.1. The summed E-state index contributed by atoms with van der Waals surface area (Å²) in [5.74, 6) is -0.854. The molecule has 1 heterocycles. The zero-order valence-electron chi connectivity index (χ0n) is 14.3. The third-order valence-corrected chi connectivity index (χ3v) is 4.62. The highest BCUT2D eigenvalue weighted by molar-refractivity contribution is 5.86. The number of nitrogens with one attached hydrogen (secondary N) is 1. The van der Waals surface area contributed by atoms with E-state index in [0.717, 1.165) is 28.0 Å². The average molecular weight is 339 g/mol. The fourth-order valence-corrected chi connectivity index (χ4v) is 3.07. The van der Waals surface area contributed by atoms with Crippen molar-refractivity contribution >= 4 is 11.9 Å². The van der Waals surface area contributed by atoms with Crippen LogP contribution < -0.4 is 10.1 Å². The Labute approximate surface area is 146 Å². The standard InChI is InChI=1S/C20H21NO4/c1-12-8-15-16(11-25-18(15)9-13(12)2)20(24)21-17(10-19(22)23)14-6-4-3-5-7-14/h3-9,16-17H,10-11H2,1-2H3,(H,21,24)(H,22,23). The molecule has 2 aromatic rings. The van der Waals surface area contributed by atoms with Gasteiger partial charge in [-0.25, -0.2) is 0 Å². The molecule has 2 unspecified atom stereocenters. The summed E-state index contributed by atoms with van der Waals surface area (Å²) in [6, 6.07) is 12.5. The van der Waals surface area contributed by atoms with E-state index in [1.807, 2.05) is 56.3 Å². The molecule has 0 aromatic heterocycles. The number of hydrogen-bond acceptors (Lipinski definition) is 3. The summed E-state index contributed by atoms with van der Waals surface area (Å²) >= 11 is 0. The Morgan fingerprint density at radius 2 is 1.88 bits per heavy atom. The van der Waals surface area contributed by atoms with Crippen molar-refractivity contribution in [2.24, 2.45) is 0 Å². The normalized spacial score (nSPS) is 16.6. The highest BCUT2D eigenvalue weighted by Crippen LogP contribution is 2.36. The SMILES string of the molecule is Cc1cc2c(cc1C)C(C(=O)NC(CC(=O)O)c1ccccc1)CO2. The Kier molecular flexibility index (Phi) is 4.74. The minimum atomic E-state index is -0.955.